The molecule has 0 aliphatic carbocycles. The van der Waals surface area contributed by atoms with Crippen LogP contribution in [-0.2, 0) is 0 Å². The number of hydrogen-bond donors (Lipinski definition) is 2. The number of rotatable bonds is 5. The molecule has 2 aromatic heterocycles. The number of carbonyl (C=O) groups is 1. The van der Waals surface area contributed by atoms with Crippen molar-refractivity contribution in [3.8, 4) is 5.82 Å². The Morgan fingerprint density at radius 1 is 1.58 bits per heavy atom. The molecule has 1 amide bonds. The van der Waals surface area contributed by atoms with E-state index in [2.05, 4.69) is 20.4 Å². The molecule has 3 N–H and O–H groups in total. The summed E-state index contributed by atoms with van der Waals surface area (Å²) in [5.41, 5.74) is 5.30. The highest BCUT2D eigenvalue weighted by molar-refractivity contribution is 6.32. The third-order valence-electron chi connectivity index (χ3n) is 2.32. The minimum Gasteiger partial charge on any atom is -0.364 e. The third kappa shape index (κ3) is 3.00. The van der Waals surface area contributed by atoms with E-state index in [1.54, 1.807) is 6.20 Å². The number of halogens is 1. The maximum atomic E-state index is 11.0. The minimum absolute atomic E-state index is 0.151. The average molecular weight is 281 g/mol. The first-order chi connectivity index (χ1) is 9.11. The van der Waals surface area contributed by atoms with Crippen LogP contribution in [0.15, 0.2) is 18.5 Å². The molecule has 8 heteroatoms. The molecule has 2 rings (SSSR count). The summed E-state index contributed by atoms with van der Waals surface area (Å²) >= 11 is 6.02. The van der Waals surface area contributed by atoms with Crippen LogP contribution in [0.1, 0.15) is 23.8 Å². The topological polar surface area (TPSA) is 98.7 Å². The zero-order valence-corrected chi connectivity index (χ0v) is 11.1. The van der Waals surface area contributed by atoms with E-state index in [4.69, 9.17) is 17.3 Å². The molecular formula is C11H13ClN6O. The van der Waals surface area contributed by atoms with E-state index >= 15 is 0 Å². The summed E-state index contributed by atoms with van der Waals surface area (Å²) in [5, 5.41) is 7.38. The smallest absolute Gasteiger partial charge is 0.269 e. The number of nitrogens with zero attached hydrogens (tertiary/aromatic N) is 4. The van der Waals surface area contributed by atoms with Gasteiger partial charge in [0, 0.05) is 12.7 Å². The average Bonchev–Trinajstić information content (AvgIpc) is 2.87. The Bertz CT molecular complexity index is 597. The molecule has 0 saturated carbocycles. The molecule has 0 bridgehead atoms. The van der Waals surface area contributed by atoms with Crippen molar-refractivity contribution in [1.82, 2.24) is 19.7 Å². The van der Waals surface area contributed by atoms with E-state index in [1.165, 1.54) is 16.9 Å². The first-order valence-electron chi connectivity index (χ1n) is 5.74. The van der Waals surface area contributed by atoms with Crippen molar-refractivity contribution in [2.75, 3.05) is 11.9 Å². The lowest BCUT2D eigenvalue weighted by Gasteiger charge is -2.06. The molecule has 19 heavy (non-hydrogen) atoms. The summed E-state index contributed by atoms with van der Waals surface area (Å²) in [5.74, 6) is 0.244. The Morgan fingerprint density at radius 2 is 2.37 bits per heavy atom. The standard InChI is InChI=1S/C11H13ClN6O/c1-2-4-14-11-15-6-7(12)10(16-11)18-5-3-8(17-18)9(13)19/h3,5-6H,2,4H2,1H3,(H2,13,19)(H,14,15,16). The number of nitrogens with two attached hydrogens (primary N) is 1. The Morgan fingerprint density at radius 3 is 3.00 bits per heavy atom. The summed E-state index contributed by atoms with van der Waals surface area (Å²) < 4.78 is 1.39. The number of nitrogens with one attached hydrogen (secondary N) is 1. The van der Waals surface area contributed by atoms with Gasteiger partial charge in [0.15, 0.2) is 5.82 Å². The lowest BCUT2D eigenvalue weighted by molar-refractivity contribution is 0.0995. The van der Waals surface area contributed by atoms with Gasteiger partial charge in [-0.2, -0.15) is 10.1 Å². The van der Waals surface area contributed by atoms with Crippen LogP contribution in [0.2, 0.25) is 5.02 Å². The zero-order valence-electron chi connectivity index (χ0n) is 10.3. The van der Waals surface area contributed by atoms with Crippen molar-refractivity contribution >= 4 is 23.5 Å². The largest absolute Gasteiger partial charge is 0.364 e. The molecule has 0 unspecified atom stereocenters. The molecule has 0 aliphatic heterocycles. The van der Waals surface area contributed by atoms with Gasteiger partial charge in [0.1, 0.15) is 10.7 Å². The molecule has 0 fully saturated rings. The fourth-order valence-corrected chi connectivity index (χ4v) is 1.59. The fraction of sp³-hybridized carbons (Fsp3) is 0.273. The molecule has 0 radical (unpaired) electrons. The molecule has 100 valence electrons. The Labute approximate surface area is 114 Å². The maximum Gasteiger partial charge on any atom is 0.269 e. The number of anilines is 1. The second-order valence-corrected chi connectivity index (χ2v) is 4.21. The first-order valence-corrected chi connectivity index (χ1v) is 6.12. The van der Waals surface area contributed by atoms with Crippen LogP contribution < -0.4 is 11.1 Å². The number of carbonyl (C=O) groups excluding carboxylic acids is 1. The predicted molar refractivity (Wildman–Crippen MR) is 71.5 cm³/mol. The monoisotopic (exact) mass is 280 g/mol. The highest BCUT2D eigenvalue weighted by Gasteiger charge is 2.11. The van der Waals surface area contributed by atoms with Crippen molar-refractivity contribution < 1.29 is 4.79 Å². The summed E-state index contributed by atoms with van der Waals surface area (Å²) in [7, 11) is 0. The van der Waals surface area contributed by atoms with Gasteiger partial charge in [0.05, 0.1) is 6.20 Å². The van der Waals surface area contributed by atoms with Crippen LogP contribution in [0.5, 0.6) is 0 Å². The van der Waals surface area contributed by atoms with Gasteiger partial charge < -0.3 is 11.1 Å². The lowest BCUT2D eigenvalue weighted by atomic mass is 10.4. The van der Waals surface area contributed by atoms with E-state index < -0.39 is 5.91 Å². The number of amides is 1. The van der Waals surface area contributed by atoms with Crippen molar-refractivity contribution in [2.45, 2.75) is 13.3 Å². The van der Waals surface area contributed by atoms with Gasteiger partial charge >= 0.3 is 0 Å². The number of primary amides is 1. The lowest BCUT2D eigenvalue weighted by Crippen LogP contribution is -2.13. The van der Waals surface area contributed by atoms with Gasteiger partial charge in [-0.25, -0.2) is 9.67 Å². The predicted octanol–water partition coefficient (Wildman–Crippen LogP) is 1.24. The second kappa shape index (κ2) is 5.66. The van der Waals surface area contributed by atoms with Crippen LogP contribution in [0, 0.1) is 0 Å². The summed E-state index contributed by atoms with van der Waals surface area (Å²) in [6.07, 6.45) is 4.00. The molecule has 7 nitrogen and oxygen atoms in total. The van der Waals surface area contributed by atoms with Crippen molar-refractivity contribution in [3.63, 3.8) is 0 Å². The normalized spacial score (nSPS) is 10.4. The molecule has 0 aliphatic rings. The third-order valence-corrected chi connectivity index (χ3v) is 2.58. The van der Waals surface area contributed by atoms with Gasteiger partial charge in [-0.15, -0.1) is 0 Å². The van der Waals surface area contributed by atoms with E-state index in [1.807, 2.05) is 6.92 Å². The number of hydrogen-bond acceptors (Lipinski definition) is 5. The minimum atomic E-state index is -0.603. The van der Waals surface area contributed by atoms with E-state index in [0.29, 0.717) is 16.8 Å². The van der Waals surface area contributed by atoms with Gasteiger partial charge in [-0.3, -0.25) is 4.79 Å². The molecule has 0 atom stereocenters. The highest BCUT2D eigenvalue weighted by Crippen LogP contribution is 2.18. The second-order valence-electron chi connectivity index (χ2n) is 3.80. The van der Waals surface area contributed by atoms with Crippen LogP contribution in [0.4, 0.5) is 5.95 Å². The van der Waals surface area contributed by atoms with E-state index in [-0.39, 0.29) is 5.69 Å². The number of aromatic nitrogens is 4. The summed E-state index contributed by atoms with van der Waals surface area (Å²) in [4.78, 5) is 19.3. The molecule has 2 aromatic rings. The summed E-state index contributed by atoms with van der Waals surface area (Å²) in [6.45, 7) is 2.79. The maximum absolute atomic E-state index is 11.0. The van der Waals surface area contributed by atoms with Gasteiger partial charge in [0.25, 0.3) is 5.91 Å². The van der Waals surface area contributed by atoms with Crippen LogP contribution in [0.25, 0.3) is 5.82 Å². The first kappa shape index (κ1) is 13.3. The molecule has 0 spiro atoms. The Kier molecular flexibility index (Phi) is 3.96. The van der Waals surface area contributed by atoms with Crippen LogP contribution in [0.3, 0.4) is 0 Å². The van der Waals surface area contributed by atoms with Gasteiger partial charge in [0.2, 0.25) is 5.95 Å². The van der Waals surface area contributed by atoms with Crippen LogP contribution in [-0.4, -0.2) is 32.2 Å². The molecule has 0 saturated heterocycles. The highest BCUT2D eigenvalue weighted by atomic mass is 35.5. The summed E-state index contributed by atoms with van der Waals surface area (Å²) in [6, 6.07) is 1.50. The van der Waals surface area contributed by atoms with Gasteiger partial charge in [-0.05, 0) is 12.5 Å². The molecule has 2 heterocycles. The molecular weight excluding hydrogens is 268 g/mol. The Hall–Kier alpha value is -2.15. The Balaban J connectivity index is 2.33. The van der Waals surface area contributed by atoms with Gasteiger partial charge in [-0.1, -0.05) is 18.5 Å². The molecule has 0 aromatic carbocycles. The fourth-order valence-electron chi connectivity index (χ4n) is 1.41. The zero-order chi connectivity index (χ0) is 13.8. The SMILES string of the molecule is CCCNc1ncc(Cl)c(-n2ccc(C(N)=O)n2)n1. The van der Waals surface area contributed by atoms with Crippen molar-refractivity contribution in [2.24, 2.45) is 5.73 Å². The van der Waals surface area contributed by atoms with E-state index in [9.17, 15) is 4.79 Å². The van der Waals surface area contributed by atoms with Crippen molar-refractivity contribution in [3.05, 3.63) is 29.2 Å². The van der Waals surface area contributed by atoms with Crippen molar-refractivity contribution in [1.29, 1.82) is 0 Å². The quantitative estimate of drug-likeness (QED) is 0.858. The van der Waals surface area contributed by atoms with Crippen LogP contribution >= 0.6 is 11.6 Å². The van der Waals surface area contributed by atoms with E-state index in [0.717, 1.165) is 13.0 Å².